The Morgan fingerprint density at radius 3 is 2.89 bits per heavy atom. The van der Waals surface area contributed by atoms with Crippen molar-refractivity contribution >= 4 is 12.4 Å². The molecular formula is C7H6O2. The largest absolute Gasteiger partial charge is 0.461 e. The quantitative estimate of drug-likeness (QED) is 0.559. The van der Waals surface area contributed by atoms with Crippen molar-refractivity contribution in [3.63, 3.8) is 0 Å². The van der Waals surface area contributed by atoms with E-state index in [-0.39, 0.29) is 0 Å². The molecule has 0 saturated carbocycles. The van der Waals surface area contributed by atoms with E-state index >= 15 is 0 Å². The molecule has 0 bridgehead atoms. The molecule has 0 N–H and O–H groups in total. The van der Waals surface area contributed by atoms with Crippen LogP contribution in [0.1, 0.15) is 16.1 Å². The van der Waals surface area contributed by atoms with Gasteiger partial charge < -0.3 is 4.42 Å². The summed E-state index contributed by atoms with van der Waals surface area (Å²) in [6.45, 7) is 3.49. The van der Waals surface area contributed by atoms with Crippen molar-refractivity contribution in [2.24, 2.45) is 0 Å². The number of carbonyl (C=O) groups is 1. The van der Waals surface area contributed by atoms with E-state index in [1.807, 2.05) is 0 Å². The minimum atomic E-state index is 0.338. The van der Waals surface area contributed by atoms with Gasteiger partial charge in [-0.15, -0.1) is 0 Å². The van der Waals surface area contributed by atoms with Crippen molar-refractivity contribution in [2.75, 3.05) is 0 Å². The van der Waals surface area contributed by atoms with E-state index in [9.17, 15) is 4.79 Å². The lowest BCUT2D eigenvalue weighted by Gasteiger charge is -1.80. The minimum absolute atomic E-state index is 0.338. The zero-order valence-electron chi connectivity index (χ0n) is 4.83. The van der Waals surface area contributed by atoms with Gasteiger partial charge in [0, 0.05) is 5.56 Å². The van der Waals surface area contributed by atoms with E-state index in [1.165, 1.54) is 6.26 Å². The smallest absolute Gasteiger partial charge is 0.185 e. The summed E-state index contributed by atoms with van der Waals surface area (Å²) >= 11 is 0. The Labute approximate surface area is 52.8 Å². The molecule has 1 aromatic rings. The third kappa shape index (κ3) is 0.914. The molecule has 0 aliphatic rings. The van der Waals surface area contributed by atoms with Crippen LogP contribution < -0.4 is 0 Å². The van der Waals surface area contributed by atoms with Crippen molar-refractivity contribution in [2.45, 2.75) is 0 Å². The van der Waals surface area contributed by atoms with Crippen molar-refractivity contribution in [1.29, 1.82) is 0 Å². The van der Waals surface area contributed by atoms with Gasteiger partial charge in [0.1, 0.15) is 0 Å². The highest BCUT2D eigenvalue weighted by Crippen LogP contribution is 2.07. The fourth-order valence-electron chi connectivity index (χ4n) is 0.595. The molecule has 0 amide bonds. The normalized spacial score (nSPS) is 8.89. The van der Waals surface area contributed by atoms with Crippen LogP contribution in [-0.2, 0) is 0 Å². The molecule has 2 nitrogen and oxygen atoms in total. The second kappa shape index (κ2) is 2.31. The average molecular weight is 122 g/mol. The zero-order chi connectivity index (χ0) is 6.69. The van der Waals surface area contributed by atoms with Gasteiger partial charge in [0.2, 0.25) is 0 Å². The molecule has 0 aliphatic heterocycles. The molecule has 0 saturated heterocycles. The average Bonchev–Trinajstić information content (AvgIpc) is 2.33. The van der Waals surface area contributed by atoms with Crippen LogP contribution in [0.3, 0.4) is 0 Å². The topological polar surface area (TPSA) is 30.2 Å². The fourth-order valence-corrected chi connectivity index (χ4v) is 0.595. The Morgan fingerprint density at radius 1 is 1.67 bits per heavy atom. The minimum Gasteiger partial charge on any atom is -0.461 e. The molecular weight excluding hydrogens is 116 g/mol. The van der Waals surface area contributed by atoms with Crippen LogP contribution in [0, 0.1) is 0 Å². The predicted molar refractivity (Wildman–Crippen MR) is 34.2 cm³/mol. The number of furan rings is 1. The van der Waals surface area contributed by atoms with Crippen molar-refractivity contribution in [3.05, 3.63) is 30.2 Å². The first-order valence-corrected chi connectivity index (χ1v) is 2.53. The Kier molecular flexibility index (Phi) is 1.49. The maximum absolute atomic E-state index is 10.1. The van der Waals surface area contributed by atoms with Crippen molar-refractivity contribution in [3.8, 4) is 0 Å². The summed E-state index contributed by atoms with van der Waals surface area (Å²) in [7, 11) is 0. The lowest BCUT2D eigenvalue weighted by molar-refractivity contribution is 0.110. The standard InChI is InChI=1S/C7H6O2/c1-2-6-3-4-9-7(6)5-8/h2-5H,1H2. The molecule has 1 rings (SSSR count). The number of aldehydes is 1. The number of hydrogen-bond acceptors (Lipinski definition) is 2. The maximum Gasteiger partial charge on any atom is 0.185 e. The number of hydrogen-bond donors (Lipinski definition) is 0. The molecule has 0 fully saturated rings. The summed E-state index contributed by atoms with van der Waals surface area (Å²) in [5.74, 6) is 0.338. The van der Waals surface area contributed by atoms with E-state index in [0.29, 0.717) is 12.0 Å². The van der Waals surface area contributed by atoms with E-state index in [4.69, 9.17) is 4.42 Å². The lowest BCUT2D eigenvalue weighted by atomic mass is 10.3. The van der Waals surface area contributed by atoms with Crippen LogP contribution in [0.25, 0.3) is 6.08 Å². The van der Waals surface area contributed by atoms with Gasteiger partial charge >= 0.3 is 0 Å². The summed E-state index contributed by atoms with van der Waals surface area (Å²) in [6.07, 6.45) is 3.70. The Bertz CT molecular complexity index is 200. The predicted octanol–water partition coefficient (Wildman–Crippen LogP) is 1.74. The van der Waals surface area contributed by atoms with Crippen LogP contribution in [0.15, 0.2) is 23.3 Å². The molecule has 1 heterocycles. The van der Waals surface area contributed by atoms with Gasteiger partial charge in [0.25, 0.3) is 0 Å². The molecule has 1 aromatic heterocycles. The number of rotatable bonds is 2. The Hall–Kier alpha value is -1.31. The van der Waals surface area contributed by atoms with Gasteiger partial charge in [-0.25, -0.2) is 0 Å². The van der Waals surface area contributed by atoms with Gasteiger partial charge in [0.15, 0.2) is 12.0 Å². The molecule has 0 radical (unpaired) electrons. The van der Waals surface area contributed by atoms with Gasteiger partial charge in [-0.1, -0.05) is 12.7 Å². The van der Waals surface area contributed by atoms with Gasteiger partial charge in [-0.3, -0.25) is 4.79 Å². The van der Waals surface area contributed by atoms with Crippen LogP contribution in [0.2, 0.25) is 0 Å². The summed E-state index contributed by atoms with van der Waals surface area (Å²) in [6, 6.07) is 1.69. The Morgan fingerprint density at radius 2 is 2.44 bits per heavy atom. The molecule has 9 heavy (non-hydrogen) atoms. The SMILES string of the molecule is C=Cc1ccoc1C=O. The molecule has 46 valence electrons. The second-order valence-electron chi connectivity index (χ2n) is 1.56. The van der Waals surface area contributed by atoms with E-state index in [0.717, 1.165) is 5.56 Å². The van der Waals surface area contributed by atoms with Crippen molar-refractivity contribution < 1.29 is 9.21 Å². The summed E-state index contributed by atoms with van der Waals surface area (Å²) in [5.41, 5.74) is 0.741. The third-order valence-corrected chi connectivity index (χ3v) is 1.05. The molecule has 0 unspecified atom stereocenters. The molecule has 0 aliphatic carbocycles. The highest BCUT2D eigenvalue weighted by atomic mass is 16.3. The van der Waals surface area contributed by atoms with E-state index < -0.39 is 0 Å². The van der Waals surface area contributed by atoms with E-state index in [2.05, 4.69) is 6.58 Å². The fraction of sp³-hybridized carbons (Fsp3) is 0. The first-order chi connectivity index (χ1) is 4.38. The van der Waals surface area contributed by atoms with Crippen LogP contribution in [-0.4, -0.2) is 6.29 Å². The van der Waals surface area contributed by atoms with Gasteiger partial charge in [-0.2, -0.15) is 0 Å². The highest BCUT2D eigenvalue weighted by molar-refractivity contribution is 5.77. The van der Waals surface area contributed by atoms with Crippen LogP contribution in [0.5, 0.6) is 0 Å². The summed E-state index contributed by atoms with van der Waals surface area (Å²) < 4.78 is 4.77. The lowest BCUT2D eigenvalue weighted by Crippen LogP contribution is -1.75. The highest BCUT2D eigenvalue weighted by Gasteiger charge is 1.97. The monoisotopic (exact) mass is 122 g/mol. The molecule has 0 spiro atoms. The van der Waals surface area contributed by atoms with Gasteiger partial charge in [-0.05, 0) is 6.07 Å². The first-order valence-electron chi connectivity index (χ1n) is 2.53. The molecule has 0 aromatic carbocycles. The summed E-state index contributed by atoms with van der Waals surface area (Å²) in [5, 5.41) is 0. The second-order valence-corrected chi connectivity index (χ2v) is 1.56. The number of carbonyl (C=O) groups excluding carboxylic acids is 1. The third-order valence-electron chi connectivity index (χ3n) is 1.05. The Balaban J connectivity index is 3.12. The van der Waals surface area contributed by atoms with E-state index in [1.54, 1.807) is 12.1 Å². The van der Waals surface area contributed by atoms with Crippen LogP contribution in [0.4, 0.5) is 0 Å². The zero-order valence-corrected chi connectivity index (χ0v) is 4.83. The molecule has 0 atom stereocenters. The molecule has 2 heteroatoms. The first kappa shape index (κ1) is 5.82. The van der Waals surface area contributed by atoms with Crippen molar-refractivity contribution in [1.82, 2.24) is 0 Å². The summed E-state index contributed by atoms with van der Waals surface area (Å²) in [4.78, 5) is 10.1. The van der Waals surface area contributed by atoms with Crippen LogP contribution >= 0.6 is 0 Å². The van der Waals surface area contributed by atoms with Gasteiger partial charge in [0.05, 0.1) is 6.26 Å². The maximum atomic E-state index is 10.1.